The van der Waals surface area contributed by atoms with Crippen LogP contribution >= 0.6 is 0 Å². The van der Waals surface area contributed by atoms with Crippen molar-refractivity contribution in [1.82, 2.24) is 14.8 Å². The summed E-state index contributed by atoms with van der Waals surface area (Å²) in [5.41, 5.74) is 1.39. The summed E-state index contributed by atoms with van der Waals surface area (Å²) in [6.45, 7) is 0.545. The number of nitrogens with zero attached hydrogens (tertiary/aromatic N) is 2. The van der Waals surface area contributed by atoms with E-state index >= 15 is 0 Å². The van der Waals surface area contributed by atoms with E-state index in [-0.39, 0.29) is 29.7 Å². The Balaban J connectivity index is 1.72. The lowest BCUT2D eigenvalue weighted by Gasteiger charge is -2.31. The second kappa shape index (κ2) is 7.81. The molecule has 1 aliphatic heterocycles. The highest BCUT2D eigenvalue weighted by atomic mass is 32.2. The van der Waals surface area contributed by atoms with Gasteiger partial charge in [-0.15, -0.1) is 0 Å². The molecule has 0 spiro atoms. The van der Waals surface area contributed by atoms with Gasteiger partial charge in [0.15, 0.2) is 0 Å². The normalized spacial score (nSPS) is 16.2. The number of carbonyl (C=O) groups is 1. The zero-order chi connectivity index (χ0) is 18.6. The molecule has 0 radical (unpaired) electrons. The lowest BCUT2D eigenvalue weighted by molar-refractivity contribution is 0.0702. The van der Waals surface area contributed by atoms with Crippen LogP contribution in [0.15, 0.2) is 53.6 Å². The number of rotatable bonds is 5. The number of hydrogen-bond donors (Lipinski definition) is 2. The maximum Gasteiger partial charge on any atom is 0.276 e. The molecular formula is C17H19N3O5S. The topological polar surface area (TPSA) is 109 Å². The van der Waals surface area contributed by atoms with Crippen molar-refractivity contribution in [2.75, 3.05) is 13.1 Å². The number of sulfonamides is 1. The average Bonchev–Trinajstić information content (AvgIpc) is 2.68. The van der Waals surface area contributed by atoms with Crippen LogP contribution in [0.2, 0.25) is 0 Å². The molecule has 2 N–H and O–H groups in total. The number of nitrogens with one attached hydrogen (secondary N) is 1. The van der Waals surface area contributed by atoms with Gasteiger partial charge in [0.05, 0.1) is 10.5 Å². The van der Waals surface area contributed by atoms with E-state index in [1.165, 1.54) is 34.1 Å². The van der Waals surface area contributed by atoms with E-state index in [2.05, 4.69) is 4.98 Å². The molecule has 2 aromatic rings. The number of pyridine rings is 1. The van der Waals surface area contributed by atoms with Crippen molar-refractivity contribution in [1.29, 1.82) is 0 Å². The highest BCUT2D eigenvalue weighted by Crippen LogP contribution is 2.25. The van der Waals surface area contributed by atoms with Crippen molar-refractivity contribution in [3.63, 3.8) is 0 Å². The molecule has 1 aliphatic rings. The van der Waals surface area contributed by atoms with E-state index in [0.29, 0.717) is 18.7 Å². The number of ether oxygens (including phenoxy) is 1. The van der Waals surface area contributed by atoms with Crippen LogP contribution in [0.3, 0.4) is 0 Å². The predicted molar refractivity (Wildman–Crippen MR) is 92.3 cm³/mol. The van der Waals surface area contributed by atoms with E-state index in [1.54, 1.807) is 18.3 Å². The van der Waals surface area contributed by atoms with Crippen LogP contribution in [-0.4, -0.2) is 48.0 Å². The molecular weight excluding hydrogens is 358 g/mol. The van der Waals surface area contributed by atoms with Gasteiger partial charge in [-0.3, -0.25) is 10.0 Å². The first-order chi connectivity index (χ1) is 12.5. The number of hydroxylamine groups is 1. The number of hydrogen-bond acceptors (Lipinski definition) is 6. The molecule has 0 aliphatic carbocycles. The zero-order valence-corrected chi connectivity index (χ0v) is 14.7. The van der Waals surface area contributed by atoms with Crippen molar-refractivity contribution in [3.05, 3.63) is 54.2 Å². The molecule has 3 rings (SSSR count). The standard InChI is InChI=1S/C17H19N3O5S/c21-17(19-22)14-5-1-2-6-15(14)26(23,24)20-11-8-13(9-12-20)25-16-7-3-4-10-18-16/h1-7,10,13,22H,8-9,11-12H2,(H,19,21). The summed E-state index contributed by atoms with van der Waals surface area (Å²) in [5, 5.41) is 8.83. The van der Waals surface area contributed by atoms with Crippen LogP contribution in [0.4, 0.5) is 0 Å². The largest absolute Gasteiger partial charge is 0.474 e. The maximum atomic E-state index is 12.9. The van der Waals surface area contributed by atoms with Crippen LogP contribution in [0, 0.1) is 0 Å². The molecule has 0 bridgehead atoms. The fraction of sp³-hybridized carbons (Fsp3) is 0.294. The summed E-state index contributed by atoms with van der Waals surface area (Å²) in [5.74, 6) is -0.351. The van der Waals surface area contributed by atoms with E-state index < -0.39 is 15.9 Å². The van der Waals surface area contributed by atoms with Crippen molar-refractivity contribution in [3.8, 4) is 5.88 Å². The predicted octanol–water partition coefficient (Wildman–Crippen LogP) is 1.43. The number of benzene rings is 1. The molecule has 0 unspecified atom stereocenters. The third kappa shape index (κ3) is 3.85. The Bertz CT molecular complexity index is 865. The minimum atomic E-state index is -3.85. The first kappa shape index (κ1) is 18.3. The molecule has 0 atom stereocenters. The third-order valence-corrected chi connectivity index (χ3v) is 6.13. The number of carbonyl (C=O) groups excluding carboxylic acids is 1. The fourth-order valence-corrected chi connectivity index (χ4v) is 4.52. The first-order valence-electron chi connectivity index (χ1n) is 8.13. The highest BCUT2D eigenvalue weighted by Gasteiger charge is 2.32. The summed E-state index contributed by atoms with van der Waals surface area (Å²) in [4.78, 5) is 15.7. The molecule has 1 fully saturated rings. The molecule has 2 heterocycles. The van der Waals surface area contributed by atoms with Crippen molar-refractivity contribution >= 4 is 15.9 Å². The lowest BCUT2D eigenvalue weighted by atomic mass is 10.1. The second-order valence-electron chi connectivity index (χ2n) is 5.83. The summed E-state index contributed by atoms with van der Waals surface area (Å²) < 4.78 is 32.9. The van der Waals surface area contributed by atoms with Crippen molar-refractivity contribution < 1.29 is 23.2 Å². The Morgan fingerprint density at radius 2 is 1.85 bits per heavy atom. The second-order valence-corrected chi connectivity index (χ2v) is 7.73. The summed E-state index contributed by atoms with van der Waals surface area (Å²) in [6.07, 6.45) is 2.55. The van der Waals surface area contributed by atoms with Gasteiger partial charge in [-0.2, -0.15) is 4.31 Å². The Labute approximate surface area is 151 Å². The van der Waals surface area contributed by atoms with Crippen LogP contribution in [0.25, 0.3) is 0 Å². The van der Waals surface area contributed by atoms with Gasteiger partial charge in [-0.05, 0) is 31.0 Å². The molecule has 8 nitrogen and oxygen atoms in total. The third-order valence-electron chi connectivity index (χ3n) is 4.18. The highest BCUT2D eigenvalue weighted by molar-refractivity contribution is 7.89. The smallest absolute Gasteiger partial charge is 0.276 e. The van der Waals surface area contributed by atoms with Crippen LogP contribution in [-0.2, 0) is 10.0 Å². The lowest BCUT2D eigenvalue weighted by Crippen LogP contribution is -2.42. The van der Waals surface area contributed by atoms with E-state index in [4.69, 9.17) is 9.94 Å². The average molecular weight is 377 g/mol. The quantitative estimate of drug-likeness (QED) is 0.603. The molecule has 1 amide bonds. The van der Waals surface area contributed by atoms with Gasteiger partial charge >= 0.3 is 0 Å². The van der Waals surface area contributed by atoms with Crippen LogP contribution in [0.1, 0.15) is 23.2 Å². The number of aromatic nitrogens is 1. The minimum Gasteiger partial charge on any atom is -0.474 e. The van der Waals surface area contributed by atoms with Crippen molar-refractivity contribution in [2.45, 2.75) is 23.8 Å². The Morgan fingerprint density at radius 1 is 1.15 bits per heavy atom. The van der Waals surface area contributed by atoms with E-state index in [9.17, 15) is 13.2 Å². The van der Waals surface area contributed by atoms with Crippen molar-refractivity contribution in [2.24, 2.45) is 0 Å². The summed E-state index contributed by atoms with van der Waals surface area (Å²) >= 11 is 0. The number of piperidine rings is 1. The molecule has 26 heavy (non-hydrogen) atoms. The van der Waals surface area contributed by atoms with Gasteiger partial charge in [0.2, 0.25) is 15.9 Å². The maximum absolute atomic E-state index is 12.9. The summed E-state index contributed by atoms with van der Waals surface area (Å²) in [7, 11) is -3.85. The Morgan fingerprint density at radius 3 is 2.50 bits per heavy atom. The Kier molecular flexibility index (Phi) is 5.50. The zero-order valence-electron chi connectivity index (χ0n) is 13.9. The van der Waals surface area contributed by atoms with E-state index in [1.807, 2.05) is 6.07 Å². The molecule has 138 valence electrons. The van der Waals surface area contributed by atoms with Gasteiger partial charge in [-0.25, -0.2) is 18.9 Å². The molecule has 1 aromatic carbocycles. The van der Waals surface area contributed by atoms with Gasteiger partial charge in [0, 0.05) is 25.4 Å². The summed E-state index contributed by atoms with van der Waals surface area (Å²) in [6, 6.07) is 11.2. The monoisotopic (exact) mass is 377 g/mol. The van der Waals surface area contributed by atoms with Crippen LogP contribution < -0.4 is 10.2 Å². The molecule has 9 heteroatoms. The van der Waals surface area contributed by atoms with E-state index in [0.717, 1.165) is 0 Å². The van der Waals surface area contributed by atoms with Gasteiger partial charge < -0.3 is 4.74 Å². The molecule has 1 aromatic heterocycles. The van der Waals surface area contributed by atoms with Gasteiger partial charge in [0.25, 0.3) is 5.91 Å². The fourth-order valence-electron chi connectivity index (χ4n) is 2.86. The van der Waals surface area contributed by atoms with Crippen LogP contribution in [0.5, 0.6) is 5.88 Å². The van der Waals surface area contributed by atoms with Gasteiger partial charge in [0.1, 0.15) is 6.10 Å². The first-order valence-corrected chi connectivity index (χ1v) is 9.57. The minimum absolute atomic E-state index is 0.0955. The Hall–Kier alpha value is -2.49. The molecule has 0 saturated carbocycles. The molecule has 1 saturated heterocycles. The van der Waals surface area contributed by atoms with Gasteiger partial charge in [-0.1, -0.05) is 18.2 Å². The number of amides is 1. The SMILES string of the molecule is O=C(NO)c1ccccc1S(=O)(=O)N1CCC(Oc2ccccn2)CC1.